The zero-order valence-electron chi connectivity index (χ0n) is 8.83. The molecule has 0 radical (unpaired) electrons. The Morgan fingerprint density at radius 2 is 2.36 bits per heavy atom. The van der Waals surface area contributed by atoms with Crippen molar-refractivity contribution < 1.29 is 0 Å². The third-order valence-corrected chi connectivity index (χ3v) is 2.07. The highest BCUT2D eigenvalue weighted by molar-refractivity contribution is 5.42. The first-order chi connectivity index (χ1) is 6.77. The molecule has 0 aliphatic heterocycles. The SMILES string of the molecule is CCCN(C)Cc1cccnc1NN. The summed E-state index contributed by atoms with van der Waals surface area (Å²) in [6, 6.07) is 3.96. The van der Waals surface area contributed by atoms with E-state index in [1.54, 1.807) is 6.20 Å². The molecule has 1 aromatic heterocycles. The minimum Gasteiger partial charge on any atom is -0.308 e. The summed E-state index contributed by atoms with van der Waals surface area (Å²) in [5.74, 6) is 6.13. The van der Waals surface area contributed by atoms with Crippen molar-refractivity contribution in [3.63, 3.8) is 0 Å². The summed E-state index contributed by atoms with van der Waals surface area (Å²) in [6.45, 7) is 4.13. The molecule has 0 unspecified atom stereocenters. The Balaban J connectivity index is 2.65. The van der Waals surface area contributed by atoms with Crippen molar-refractivity contribution in [2.24, 2.45) is 5.84 Å². The number of hydrogen-bond acceptors (Lipinski definition) is 4. The van der Waals surface area contributed by atoms with E-state index in [2.05, 4.69) is 29.3 Å². The number of aromatic nitrogens is 1. The molecule has 0 aliphatic carbocycles. The van der Waals surface area contributed by atoms with Gasteiger partial charge in [-0.2, -0.15) is 0 Å². The molecule has 0 saturated carbocycles. The average Bonchev–Trinajstić information content (AvgIpc) is 2.19. The largest absolute Gasteiger partial charge is 0.308 e. The van der Waals surface area contributed by atoms with Crippen molar-refractivity contribution in [2.45, 2.75) is 19.9 Å². The molecule has 0 bridgehead atoms. The van der Waals surface area contributed by atoms with Crippen LogP contribution >= 0.6 is 0 Å². The van der Waals surface area contributed by atoms with E-state index in [0.29, 0.717) is 0 Å². The summed E-state index contributed by atoms with van der Waals surface area (Å²) in [7, 11) is 2.09. The van der Waals surface area contributed by atoms with Gasteiger partial charge in [0.1, 0.15) is 5.82 Å². The number of rotatable bonds is 5. The number of nitrogens with two attached hydrogens (primary N) is 1. The van der Waals surface area contributed by atoms with Crippen LogP contribution in [0.2, 0.25) is 0 Å². The maximum absolute atomic E-state index is 5.37. The molecule has 0 atom stereocenters. The second kappa shape index (κ2) is 5.57. The average molecular weight is 194 g/mol. The van der Waals surface area contributed by atoms with Crippen molar-refractivity contribution in [1.82, 2.24) is 9.88 Å². The molecular weight excluding hydrogens is 176 g/mol. The predicted octanol–water partition coefficient (Wildman–Crippen LogP) is 1.21. The lowest BCUT2D eigenvalue weighted by molar-refractivity contribution is 0.327. The summed E-state index contributed by atoms with van der Waals surface area (Å²) in [4.78, 5) is 6.40. The molecule has 78 valence electrons. The minimum absolute atomic E-state index is 0.760. The molecule has 1 aromatic rings. The molecule has 0 aliphatic rings. The first-order valence-electron chi connectivity index (χ1n) is 4.87. The third-order valence-electron chi connectivity index (χ3n) is 2.07. The first kappa shape index (κ1) is 10.9. The number of nitrogens with one attached hydrogen (secondary N) is 1. The van der Waals surface area contributed by atoms with E-state index in [-0.39, 0.29) is 0 Å². The van der Waals surface area contributed by atoms with Crippen molar-refractivity contribution in [2.75, 3.05) is 19.0 Å². The van der Waals surface area contributed by atoms with Gasteiger partial charge in [-0.15, -0.1) is 0 Å². The zero-order chi connectivity index (χ0) is 10.4. The van der Waals surface area contributed by atoms with Crippen LogP contribution in [-0.2, 0) is 6.54 Å². The van der Waals surface area contributed by atoms with Crippen LogP contribution in [0.3, 0.4) is 0 Å². The molecule has 1 heterocycles. The quantitative estimate of drug-likeness (QED) is 0.546. The molecule has 4 nitrogen and oxygen atoms in total. The van der Waals surface area contributed by atoms with Gasteiger partial charge in [0, 0.05) is 18.3 Å². The Bertz CT molecular complexity index is 275. The smallest absolute Gasteiger partial charge is 0.144 e. The van der Waals surface area contributed by atoms with Crippen LogP contribution in [-0.4, -0.2) is 23.5 Å². The second-order valence-electron chi connectivity index (χ2n) is 3.39. The van der Waals surface area contributed by atoms with E-state index in [1.807, 2.05) is 12.1 Å². The highest BCUT2D eigenvalue weighted by atomic mass is 15.3. The van der Waals surface area contributed by atoms with Gasteiger partial charge in [0.05, 0.1) is 0 Å². The Morgan fingerprint density at radius 3 is 3.00 bits per heavy atom. The van der Waals surface area contributed by atoms with Gasteiger partial charge in [0.15, 0.2) is 0 Å². The normalized spacial score (nSPS) is 10.6. The molecule has 1 rings (SSSR count). The van der Waals surface area contributed by atoms with Gasteiger partial charge >= 0.3 is 0 Å². The number of nitrogen functional groups attached to an aromatic ring is 1. The van der Waals surface area contributed by atoms with E-state index in [9.17, 15) is 0 Å². The van der Waals surface area contributed by atoms with Gasteiger partial charge in [0.2, 0.25) is 0 Å². The van der Waals surface area contributed by atoms with Gasteiger partial charge in [-0.1, -0.05) is 13.0 Å². The van der Waals surface area contributed by atoms with E-state index < -0.39 is 0 Å². The van der Waals surface area contributed by atoms with Crippen LogP contribution < -0.4 is 11.3 Å². The molecule has 0 spiro atoms. The van der Waals surface area contributed by atoms with Crippen molar-refractivity contribution in [3.8, 4) is 0 Å². The van der Waals surface area contributed by atoms with Gasteiger partial charge < -0.3 is 10.3 Å². The molecule has 0 saturated heterocycles. The van der Waals surface area contributed by atoms with Crippen LogP contribution in [0.5, 0.6) is 0 Å². The fourth-order valence-corrected chi connectivity index (χ4v) is 1.45. The summed E-state index contributed by atoms with van der Waals surface area (Å²) in [5, 5.41) is 0. The summed E-state index contributed by atoms with van der Waals surface area (Å²) in [6.07, 6.45) is 2.89. The van der Waals surface area contributed by atoms with Crippen molar-refractivity contribution in [3.05, 3.63) is 23.9 Å². The highest BCUT2D eigenvalue weighted by Gasteiger charge is 2.04. The maximum atomic E-state index is 5.37. The topological polar surface area (TPSA) is 54.2 Å². The molecule has 3 N–H and O–H groups in total. The number of pyridine rings is 1. The van der Waals surface area contributed by atoms with E-state index in [1.165, 1.54) is 0 Å². The molecular formula is C10H18N4. The van der Waals surface area contributed by atoms with Gasteiger partial charge in [-0.25, -0.2) is 10.8 Å². The van der Waals surface area contributed by atoms with E-state index in [4.69, 9.17) is 5.84 Å². The Hall–Kier alpha value is -1.13. The standard InChI is InChI=1S/C10H18N4/c1-3-7-14(2)8-9-5-4-6-12-10(9)13-11/h4-6H,3,7-8,11H2,1-2H3,(H,12,13). The number of anilines is 1. The fraction of sp³-hybridized carbons (Fsp3) is 0.500. The van der Waals surface area contributed by atoms with Crippen LogP contribution in [0.15, 0.2) is 18.3 Å². The van der Waals surface area contributed by atoms with Crippen LogP contribution in [0.1, 0.15) is 18.9 Å². The maximum Gasteiger partial charge on any atom is 0.144 e. The van der Waals surface area contributed by atoms with Crippen LogP contribution in [0.25, 0.3) is 0 Å². The molecule has 0 aromatic carbocycles. The minimum atomic E-state index is 0.760. The Morgan fingerprint density at radius 1 is 1.57 bits per heavy atom. The second-order valence-corrected chi connectivity index (χ2v) is 3.39. The van der Waals surface area contributed by atoms with Crippen LogP contribution in [0.4, 0.5) is 5.82 Å². The summed E-state index contributed by atoms with van der Waals surface area (Å²) in [5.41, 5.74) is 3.74. The summed E-state index contributed by atoms with van der Waals surface area (Å²) < 4.78 is 0. The van der Waals surface area contributed by atoms with Crippen LogP contribution in [0, 0.1) is 0 Å². The Kier molecular flexibility index (Phi) is 4.35. The van der Waals surface area contributed by atoms with Crippen molar-refractivity contribution in [1.29, 1.82) is 0 Å². The van der Waals surface area contributed by atoms with E-state index in [0.717, 1.165) is 30.9 Å². The predicted molar refractivity (Wildman–Crippen MR) is 58.7 cm³/mol. The molecule has 14 heavy (non-hydrogen) atoms. The van der Waals surface area contributed by atoms with Gasteiger partial charge in [-0.05, 0) is 26.1 Å². The molecule has 0 amide bonds. The van der Waals surface area contributed by atoms with Crippen molar-refractivity contribution >= 4 is 5.82 Å². The lowest BCUT2D eigenvalue weighted by Gasteiger charge is -2.16. The monoisotopic (exact) mass is 194 g/mol. The number of nitrogens with zero attached hydrogens (tertiary/aromatic N) is 2. The molecule has 4 heteroatoms. The third kappa shape index (κ3) is 2.97. The highest BCUT2D eigenvalue weighted by Crippen LogP contribution is 2.11. The van der Waals surface area contributed by atoms with E-state index >= 15 is 0 Å². The lowest BCUT2D eigenvalue weighted by Crippen LogP contribution is -2.20. The Labute approximate surface area is 85.1 Å². The summed E-state index contributed by atoms with van der Waals surface area (Å²) >= 11 is 0. The fourth-order valence-electron chi connectivity index (χ4n) is 1.45. The van der Waals surface area contributed by atoms with Gasteiger partial charge in [-0.3, -0.25) is 0 Å². The molecule has 0 fully saturated rings. The number of hydrazine groups is 1. The van der Waals surface area contributed by atoms with Gasteiger partial charge in [0.25, 0.3) is 0 Å². The lowest BCUT2D eigenvalue weighted by atomic mass is 10.2. The number of hydrogen-bond donors (Lipinski definition) is 2. The zero-order valence-corrected chi connectivity index (χ0v) is 8.83. The first-order valence-corrected chi connectivity index (χ1v) is 4.87.